The van der Waals surface area contributed by atoms with Gasteiger partial charge in [0.1, 0.15) is 0 Å². The van der Waals surface area contributed by atoms with Gasteiger partial charge in [0, 0.05) is 165 Å². The van der Waals surface area contributed by atoms with E-state index < -0.39 is 0 Å². The highest BCUT2D eigenvalue weighted by molar-refractivity contribution is 5.01. The van der Waals surface area contributed by atoms with Crippen molar-refractivity contribution in [1.29, 1.82) is 0 Å². The van der Waals surface area contributed by atoms with Crippen molar-refractivity contribution in [2.24, 2.45) is 40.9 Å². The van der Waals surface area contributed by atoms with Gasteiger partial charge in [-0.1, -0.05) is 7.43 Å². The molecular formula is C62H126N12. The van der Waals surface area contributed by atoms with Crippen LogP contribution in [0.1, 0.15) is 129 Å². The topological polar surface area (TPSA) is 38.9 Å². The summed E-state index contributed by atoms with van der Waals surface area (Å²) in [5, 5.41) is 0. The van der Waals surface area contributed by atoms with Crippen LogP contribution in [0.25, 0.3) is 0 Å². The van der Waals surface area contributed by atoms with Crippen LogP contribution in [0.4, 0.5) is 0 Å². The first-order valence-electron chi connectivity index (χ1n) is 31.1. The molecule has 0 aromatic rings. The molecule has 12 saturated heterocycles. The van der Waals surface area contributed by atoms with E-state index in [1.807, 2.05) is 0 Å². The molecule has 434 valence electrons. The lowest BCUT2D eigenvalue weighted by atomic mass is 9.86. The fraction of sp³-hybridized carbons (Fsp3) is 1.00. The minimum atomic E-state index is 0. The zero-order valence-electron chi connectivity index (χ0n) is 51.5. The summed E-state index contributed by atoms with van der Waals surface area (Å²) in [6, 6.07) is 7.94. The highest BCUT2D eigenvalue weighted by Crippen LogP contribution is 2.40. The Bertz CT molecular complexity index is 1570. The summed E-state index contributed by atoms with van der Waals surface area (Å²) < 4.78 is 0. The largest absolute Gasteiger partial charge is 0.306 e. The van der Waals surface area contributed by atoms with Crippen LogP contribution in [0, 0.1) is 40.9 Å². The highest BCUT2D eigenvalue weighted by Gasteiger charge is 2.46. The molecule has 12 fully saturated rings. The van der Waals surface area contributed by atoms with Gasteiger partial charge in [0.2, 0.25) is 0 Å². The summed E-state index contributed by atoms with van der Waals surface area (Å²) in [6.45, 7) is 54.2. The predicted molar refractivity (Wildman–Crippen MR) is 319 cm³/mol. The van der Waals surface area contributed by atoms with E-state index in [1.165, 1.54) is 169 Å². The maximum absolute atomic E-state index is 2.67. The third-order valence-electron chi connectivity index (χ3n) is 21.2. The molecule has 12 heteroatoms. The lowest BCUT2D eigenvalue weighted by Gasteiger charge is -2.40. The van der Waals surface area contributed by atoms with Crippen molar-refractivity contribution in [2.45, 2.75) is 189 Å². The van der Waals surface area contributed by atoms with Crippen molar-refractivity contribution in [3.63, 3.8) is 0 Å². The first-order valence-corrected chi connectivity index (χ1v) is 31.1. The van der Waals surface area contributed by atoms with Crippen LogP contribution in [0.3, 0.4) is 0 Å². The maximum Gasteiger partial charge on any atom is 0.0273 e. The van der Waals surface area contributed by atoms with Gasteiger partial charge in [-0.15, -0.1) is 0 Å². The van der Waals surface area contributed by atoms with Crippen molar-refractivity contribution in [3.8, 4) is 0 Å². The predicted octanol–water partition coefficient (Wildman–Crippen LogP) is 7.07. The van der Waals surface area contributed by atoms with Gasteiger partial charge in [0.05, 0.1) is 0 Å². The number of rotatable bonds is 6. The maximum atomic E-state index is 2.67. The third kappa shape index (κ3) is 15.9. The molecule has 12 nitrogen and oxygen atoms in total. The molecule has 74 heavy (non-hydrogen) atoms. The van der Waals surface area contributed by atoms with Crippen LogP contribution >= 0.6 is 0 Å². The number of piperidine rings is 1. The van der Waals surface area contributed by atoms with Crippen molar-refractivity contribution in [3.05, 3.63) is 0 Å². The van der Waals surface area contributed by atoms with E-state index in [4.69, 9.17) is 0 Å². The molecule has 12 aliphatic heterocycles. The summed E-state index contributed by atoms with van der Waals surface area (Å²) in [5.74, 6) is 5.83. The van der Waals surface area contributed by atoms with Crippen LogP contribution in [0.5, 0.6) is 0 Å². The average Bonchev–Trinajstić information content (AvgIpc) is 4.15. The lowest BCUT2D eigenvalue weighted by molar-refractivity contribution is 0.0824. The van der Waals surface area contributed by atoms with Crippen LogP contribution in [-0.4, -0.2) is 292 Å². The van der Waals surface area contributed by atoms with Gasteiger partial charge in [-0.05, 0) is 232 Å². The second-order valence-corrected chi connectivity index (χ2v) is 28.7. The highest BCUT2D eigenvalue weighted by atomic mass is 15.3. The Kier molecular flexibility index (Phi) is 23.6. The van der Waals surface area contributed by atoms with Crippen LogP contribution < -0.4 is 0 Å². The number of likely N-dealkylation sites (tertiary alicyclic amines) is 12. The fourth-order valence-corrected chi connectivity index (χ4v) is 16.5. The minimum absolute atomic E-state index is 0. The van der Waals surface area contributed by atoms with E-state index in [0.29, 0.717) is 5.41 Å². The Labute approximate surface area is 460 Å². The Morgan fingerprint density at radius 2 is 0.716 bits per heavy atom. The number of nitrogens with zero attached hydrogens (tertiary/aromatic N) is 12. The molecular weight excluding hydrogens is 913 g/mol. The second kappa shape index (κ2) is 27.8. The molecule has 0 aromatic carbocycles. The lowest BCUT2D eigenvalue weighted by Crippen LogP contribution is -2.52. The molecule has 0 saturated carbocycles. The van der Waals surface area contributed by atoms with Crippen molar-refractivity contribution in [2.75, 3.05) is 173 Å². The van der Waals surface area contributed by atoms with Crippen LogP contribution in [0.15, 0.2) is 0 Å². The Hall–Kier alpha value is -0.480. The molecule has 12 aliphatic rings. The molecule has 11 atom stereocenters. The number of likely N-dealkylation sites (N-methyl/N-ethyl adjacent to an activating group) is 4. The van der Waals surface area contributed by atoms with Crippen molar-refractivity contribution >= 4 is 0 Å². The van der Waals surface area contributed by atoms with Gasteiger partial charge in [-0.25, -0.2) is 0 Å². The number of fused-ring (bicyclic) bond motifs is 5. The molecule has 12 rings (SSSR count). The molecule has 12 heterocycles. The SMILES string of the molecule is C.CC(C)N1CC2CCCN(C)C2C1.CC(C)N1CC2CN(C)C2C1.CC(C)N1CC2CN(C)CC2C1.CC(C)N1CCC2(CCN(C)C2)C1.CC(C)N1CCC2CN(C)CC21.CC(C)N1CCC2CN(C)CC21. The van der Waals surface area contributed by atoms with E-state index in [-0.39, 0.29) is 7.43 Å². The van der Waals surface area contributed by atoms with E-state index in [0.717, 1.165) is 95.9 Å². The first-order chi connectivity index (χ1) is 34.5. The summed E-state index contributed by atoms with van der Waals surface area (Å²) in [7, 11) is 13.5. The number of hydrogen-bond acceptors (Lipinski definition) is 12. The average molecular weight is 1040 g/mol. The van der Waals surface area contributed by atoms with Gasteiger partial charge in [-0.3, -0.25) is 19.6 Å². The van der Waals surface area contributed by atoms with Crippen LogP contribution in [0.2, 0.25) is 0 Å². The van der Waals surface area contributed by atoms with E-state index >= 15 is 0 Å². The molecule has 0 aromatic heterocycles. The Balaban J connectivity index is 0.000000144. The molecule has 11 unspecified atom stereocenters. The Morgan fingerprint density at radius 3 is 1.12 bits per heavy atom. The van der Waals surface area contributed by atoms with Crippen molar-refractivity contribution in [1.82, 2.24) is 58.8 Å². The molecule has 0 bridgehead atoms. The molecule has 0 amide bonds. The van der Waals surface area contributed by atoms with E-state index in [9.17, 15) is 0 Å². The normalized spacial score (nSPS) is 37.3. The summed E-state index contributed by atoms with van der Waals surface area (Å²) >= 11 is 0. The van der Waals surface area contributed by atoms with Crippen molar-refractivity contribution < 1.29 is 0 Å². The zero-order chi connectivity index (χ0) is 53.1. The molecule has 0 N–H and O–H groups in total. The fourth-order valence-electron chi connectivity index (χ4n) is 16.5. The minimum Gasteiger partial charge on any atom is -0.306 e. The summed E-state index contributed by atoms with van der Waals surface area (Å²) in [5.41, 5.74) is 0.666. The van der Waals surface area contributed by atoms with Gasteiger partial charge >= 0.3 is 0 Å². The van der Waals surface area contributed by atoms with E-state index in [2.05, 4.69) is 184 Å². The second-order valence-electron chi connectivity index (χ2n) is 28.7. The molecule has 0 radical (unpaired) electrons. The Morgan fingerprint density at radius 1 is 0.311 bits per heavy atom. The molecule has 1 spiro atoms. The van der Waals surface area contributed by atoms with Gasteiger partial charge in [0.25, 0.3) is 0 Å². The molecule has 0 aliphatic carbocycles. The smallest absolute Gasteiger partial charge is 0.0273 e. The van der Waals surface area contributed by atoms with Gasteiger partial charge < -0.3 is 39.2 Å². The summed E-state index contributed by atoms with van der Waals surface area (Å²) in [6.07, 6.45) is 8.56. The monoisotopic (exact) mass is 1040 g/mol. The number of hydrogen-bond donors (Lipinski definition) is 0. The summed E-state index contributed by atoms with van der Waals surface area (Å²) in [4.78, 5) is 30.8. The first kappa shape index (κ1) is 62.7. The standard InChI is InChI=1S/2C11H22N2.3C10H20N2.C9H18N2.CH4/c1-10(2)13-7-5-11(9-13)4-6-12(3)8-11;1-9(2)13-7-10-5-4-6-12(3)11(10)8-13;1-8(2)12-6-9-4-11(3)5-10(9)7-12;2*1-8(2)12-5-4-9-6-11(3)7-10(9)12;1-7(2)11-5-8-4-10(3)9(8)6-11;/h10H,4-9H2,1-3H3;9-11H,4-8H2,1-3H3;3*8-10H,4-7H2,1-3H3;7-9H,4-6H2,1-3H3;1H4. The van der Waals surface area contributed by atoms with Gasteiger partial charge in [0.15, 0.2) is 0 Å². The zero-order valence-corrected chi connectivity index (χ0v) is 51.5. The third-order valence-corrected chi connectivity index (χ3v) is 21.2. The van der Waals surface area contributed by atoms with Crippen LogP contribution in [-0.2, 0) is 0 Å². The van der Waals surface area contributed by atoms with E-state index in [1.54, 1.807) is 0 Å². The quantitative estimate of drug-likeness (QED) is 0.274. The van der Waals surface area contributed by atoms with Gasteiger partial charge in [-0.2, -0.15) is 0 Å².